The molecule has 0 saturated carbocycles. The molecule has 26 heavy (non-hydrogen) atoms. The molecule has 2 rings (SSSR count). The Balaban J connectivity index is 1.37. The molecule has 0 atom stereocenters. The Morgan fingerprint density at radius 2 is 0.885 bits per heavy atom. The number of hydrogen-bond donors (Lipinski definition) is 0. The van der Waals surface area contributed by atoms with Gasteiger partial charge in [0, 0.05) is 13.8 Å². The fourth-order valence-corrected chi connectivity index (χ4v) is 5.51. The first-order valence-electron chi connectivity index (χ1n) is 10.4. The van der Waals surface area contributed by atoms with Crippen molar-refractivity contribution >= 4 is 22.7 Å². The van der Waals surface area contributed by atoms with Gasteiger partial charge >= 0.3 is 0 Å². The first kappa shape index (κ1) is 21.6. The van der Waals surface area contributed by atoms with Crippen molar-refractivity contribution in [3.63, 3.8) is 0 Å². The Morgan fingerprint density at radius 1 is 0.577 bits per heavy atom. The fourth-order valence-electron chi connectivity index (χ4n) is 3.47. The highest BCUT2D eigenvalue weighted by Crippen LogP contribution is 2.17. The molecule has 0 aliphatic rings. The van der Waals surface area contributed by atoms with Gasteiger partial charge in [-0.15, -0.1) is 0 Å². The van der Waals surface area contributed by atoms with Crippen molar-refractivity contribution in [1.82, 2.24) is 0 Å². The lowest BCUT2D eigenvalue weighted by Crippen LogP contribution is -2.28. The SMILES string of the molecule is Cc1c(CCCCCCCCCCCCc2sc[n+](C)c2C)sc[n+]1C. The van der Waals surface area contributed by atoms with Crippen LogP contribution in [0.2, 0.25) is 0 Å². The summed E-state index contributed by atoms with van der Waals surface area (Å²) in [5.41, 5.74) is 7.37. The number of unbranched alkanes of at least 4 members (excludes halogenated alkanes) is 9. The molecule has 0 amide bonds. The van der Waals surface area contributed by atoms with Gasteiger partial charge in [-0.25, -0.2) is 0 Å². The average molecular weight is 395 g/mol. The smallest absolute Gasteiger partial charge is 0.195 e. The van der Waals surface area contributed by atoms with Crippen molar-refractivity contribution in [2.24, 2.45) is 14.1 Å². The predicted octanol–water partition coefficient (Wildman–Crippen LogP) is 5.76. The first-order chi connectivity index (χ1) is 12.6. The van der Waals surface area contributed by atoms with E-state index >= 15 is 0 Å². The number of aryl methyl sites for hydroxylation is 4. The van der Waals surface area contributed by atoms with Gasteiger partial charge < -0.3 is 0 Å². The molecule has 0 bridgehead atoms. The maximum Gasteiger partial charge on any atom is 0.224 e. The van der Waals surface area contributed by atoms with E-state index < -0.39 is 0 Å². The average Bonchev–Trinajstić information content (AvgIpc) is 3.12. The molecule has 0 radical (unpaired) electrons. The van der Waals surface area contributed by atoms with Crippen LogP contribution in [0, 0.1) is 13.8 Å². The quantitative estimate of drug-likeness (QED) is 0.301. The number of aromatic nitrogens is 2. The molecule has 0 aliphatic carbocycles. The van der Waals surface area contributed by atoms with Gasteiger partial charge in [-0.05, 0) is 25.7 Å². The molecule has 146 valence electrons. The van der Waals surface area contributed by atoms with Gasteiger partial charge in [0.25, 0.3) is 0 Å². The van der Waals surface area contributed by atoms with Gasteiger partial charge in [0.15, 0.2) is 11.4 Å². The molecule has 0 spiro atoms. The molecule has 0 saturated heterocycles. The summed E-state index contributed by atoms with van der Waals surface area (Å²) in [5.74, 6) is 0. The van der Waals surface area contributed by atoms with E-state index in [1.54, 1.807) is 9.75 Å². The Hall–Kier alpha value is -0.740. The van der Waals surface area contributed by atoms with Crippen molar-refractivity contribution in [3.05, 3.63) is 32.2 Å². The van der Waals surface area contributed by atoms with Crippen LogP contribution in [0.5, 0.6) is 0 Å². The summed E-state index contributed by atoms with van der Waals surface area (Å²) < 4.78 is 4.50. The summed E-state index contributed by atoms with van der Waals surface area (Å²) >= 11 is 3.84. The third-order valence-corrected chi connectivity index (χ3v) is 8.04. The number of thiazole rings is 2. The monoisotopic (exact) mass is 394 g/mol. The van der Waals surface area contributed by atoms with Crippen LogP contribution < -0.4 is 9.13 Å². The number of rotatable bonds is 13. The van der Waals surface area contributed by atoms with Gasteiger partial charge in [-0.3, -0.25) is 0 Å². The zero-order valence-corrected chi connectivity index (χ0v) is 19.0. The predicted molar refractivity (Wildman–Crippen MR) is 114 cm³/mol. The van der Waals surface area contributed by atoms with Crippen LogP contribution in [0.4, 0.5) is 0 Å². The van der Waals surface area contributed by atoms with Crippen LogP contribution in [0.25, 0.3) is 0 Å². The molecule has 0 aliphatic heterocycles. The number of nitrogens with zero attached hydrogens (tertiary/aromatic N) is 2. The summed E-state index contributed by atoms with van der Waals surface area (Å²) in [6, 6.07) is 0. The maximum atomic E-state index is 2.25. The van der Waals surface area contributed by atoms with Crippen molar-refractivity contribution in [1.29, 1.82) is 0 Å². The molecular formula is C22H38N2S2+2. The molecule has 0 fully saturated rings. The Bertz CT molecular complexity index is 586. The van der Waals surface area contributed by atoms with Crippen LogP contribution in [0.3, 0.4) is 0 Å². The standard InChI is InChI=1S/C22H38N2S2/c1-19-21(25-17-23(19)3)15-13-11-9-7-5-6-8-10-12-14-16-22-20(2)24(4)18-26-22/h17-18H,5-16H2,1-4H3/q+2. The highest BCUT2D eigenvalue weighted by molar-refractivity contribution is 7.09. The molecule has 0 aromatic carbocycles. The zero-order chi connectivity index (χ0) is 18.8. The second kappa shape index (κ2) is 11.9. The minimum atomic E-state index is 1.28. The Labute approximate surface area is 168 Å². The Kier molecular flexibility index (Phi) is 9.84. The molecule has 2 aromatic rings. The van der Waals surface area contributed by atoms with Crippen LogP contribution in [0.15, 0.2) is 11.0 Å². The van der Waals surface area contributed by atoms with Crippen molar-refractivity contribution in [2.45, 2.75) is 90.9 Å². The number of hydrogen-bond acceptors (Lipinski definition) is 2. The summed E-state index contributed by atoms with van der Waals surface area (Å²) in [4.78, 5) is 3.16. The lowest BCUT2D eigenvalue weighted by molar-refractivity contribution is -0.673. The summed E-state index contributed by atoms with van der Waals surface area (Å²) in [5, 5.41) is 0. The summed E-state index contributed by atoms with van der Waals surface area (Å²) in [6.45, 7) is 4.49. The van der Waals surface area contributed by atoms with Crippen molar-refractivity contribution in [2.75, 3.05) is 0 Å². The maximum absolute atomic E-state index is 2.25. The van der Waals surface area contributed by atoms with E-state index in [4.69, 9.17) is 0 Å². The van der Waals surface area contributed by atoms with Crippen LogP contribution >= 0.6 is 22.7 Å². The van der Waals surface area contributed by atoms with E-state index in [0.717, 1.165) is 0 Å². The van der Waals surface area contributed by atoms with Gasteiger partial charge in [-0.2, -0.15) is 9.13 Å². The highest BCUT2D eigenvalue weighted by Gasteiger charge is 2.11. The van der Waals surface area contributed by atoms with Gasteiger partial charge in [-0.1, -0.05) is 74.0 Å². The Morgan fingerprint density at radius 3 is 1.15 bits per heavy atom. The lowest BCUT2D eigenvalue weighted by atomic mass is 10.0. The zero-order valence-electron chi connectivity index (χ0n) is 17.4. The topological polar surface area (TPSA) is 7.76 Å². The van der Waals surface area contributed by atoms with Crippen LogP contribution in [0.1, 0.15) is 85.4 Å². The summed E-state index contributed by atoms with van der Waals surface area (Å²) in [6.07, 6.45) is 16.7. The van der Waals surface area contributed by atoms with E-state index in [1.807, 2.05) is 22.7 Å². The largest absolute Gasteiger partial charge is 0.224 e. The molecule has 4 heteroatoms. The molecule has 0 unspecified atom stereocenters. The van der Waals surface area contributed by atoms with Crippen molar-refractivity contribution in [3.8, 4) is 0 Å². The molecule has 2 nitrogen and oxygen atoms in total. The highest BCUT2D eigenvalue weighted by atomic mass is 32.1. The first-order valence-corrected chi connectivity index (χ1v) is 12.2. The third-order valence-electron chi connectivity index (χ3n) is 5.63. The van der Waals surface area contributed by atoms with E-state index in [9.17, 15) is 0 Å². The van der Waals surface area contributed by atoms with Crippen molar-refractivity contribution < 1.29 is 9.13 Å². The lowest BCUT2D eigenvalue weighted by Gasteiger charge is -2.02. The third kappa shape index (κ3) is 7.11. The summed E-state index contributed by atoms with van der Waals surface area (Å²) in [7, 11) is 4.30. The second-order valence-corrected chi connectivity index (χ2v) is 9.60. The molecule has 2 heterocycles. The van der Waals surface area contributed by atoms with Gasteiger partial charge in [0.05, 0.1) is 9.75 Å². The van der Waals surface area contributed by atoms with Crippen LogP contribution in [-0.2, 0) is 26.9 Å². The van der Waals surface area contributed by atoms with Crippen LogP contribution in [-0.4, -0.2) is 0 Å². The molecular weight excluding hydrogens is 356 g/mol. The van der Waals surface area contributed by atoms with E-state index in [-0.39, 0.29) is 0 Å². The van der Waals surface area contributed by atoms with E-state index in [2.05, 4.69) is 48.1 Å². The second-order valence-electron chi connectivity index (χ2n) is 7.72. The molecule has 2 aromatic heterocycles. The normalized spacial score (nSPS) is 11.4. The van der Waals surface area contributed by atoms with Gasteiger partial charge in [0.2, 0.25) is 11.0 Å². The molecule has 0 N–H and O–H groups in total. The van der Waals surface area contributed by atoms with E-state index in [1.165, 1.54) is 88.4 Å². The van der Waals surface area contributed by atoms with Gasteiger partial charge in [0.1, 0.15) is 14.1 Å². The minimum Gasteiger partial charge on any atom is -0.195 e. The van der Waals surface area contributed by atoms with E-state index in [0.29, 0.717) is 0 Å². The minimum absolute atomic E-state index is 1.28. The fraction of sp³-hybridized carbons (Fsp3) is 0.727.